The summed E-state index contributed by atoms with van der Waals surface area (Å²) in [7, 11) is 0. The summed E-state index contributed by atoms with van der Waals surface area (Å²) in [4.78, 5) is 11.3. The molecule has 0 radical (unpaired) electrons. The van der Waals surface area contributed by atoms with Gasteiger partial charge in [-0.05, 0) is 6.07 Å². The van der Waals surface area contributed by atoms with Gasteiger partial charge in [0.05, 0.1) is 32.8 Å². The van der Waals surface area contributed by atoms with Crippen LogP contribution in [0.1, 0.15) is 0 Å². The van der Waals surface area contributed by atoms with Gasteiger partial charge in [-0.25, -0.2) is 0 Å². The van der Waals surface area contributed by atoms with Gasteiger partial charge in [-0.1, -0.05) is 23.2 Å². The number of carbonyl (C=O) groups is 1. The highest BCUT2D eigenvalue weighted by atomic mass is 35.5. The Morgan fingerprint density at radius 3 is 2.77 bits per heavy atom. The molecule has 2 aromatic heterocycles. The molecule has 0 saturated heterocycles. The van der Waals surface area contributed by atoms with Crippen molar-refractivity contribution in [2.75, 3.05) is 5.32 Å². The number of hydrogen-bond donors (Lipinski definition) is 3. The van der Waals surface area contributed by atoms with Crippen LogP contribution in [0, 0.1) is 0 Å². The van der Waals surface area contributed by atoms with Gasteiger partial charge in [0.2, 0.25) is 0 Å². The molecule has 2 heterocycles. The van der Waals surface area contributed by atoms with Gasteiger partial charge in [0.1, 0.15) is 5.69 Å². The Kier molecular flexibility index (Phi) is 3.71. The van der Waals surface area contributed by atoms with E-state index in [4.69, 9.17) is 23.2 Å². The lowest BCUT2D eigenvalue weighted by Crippen LogP contribution is -2.20. The van der Waals surface area contributed by atoms with Gasteiger partial charge >= 0.3 is 6.43 Å². The van der Waals surface area contributed by atoms with Crippen LogP contribution in [0.5, 0.6) is 0 Å². The van der Waals surface area contributed by atoms with Crippen LogP contribution >= 0.6 is 23.2 Å². The minimum Gasteiger partial charge on any atom is -0.320 e. The largest absolute Gasteiger partial charge is 0.320 e. The maximum absolute atomic E-state index is 12.5. The van der Waals surface area contributed by atoms with Crippen molar-refractivity contribution < 1.29 is 13.6 Å². The molecule has 6 nitrogen and oxygen atoms in total. The third kappa shape index (κ3) is 2.40. The van der Waals surface area contributed by atoms with Crippen molar-refractivity contribution in [3.8, 4) is 11.3 Å². The minimum absolute atomic E-state index is 0.0830. The molecule has 0 aliphatic heterocycles. The lowest BCUT2D eigenvalue weighted by molar-refractivity contribution is -0.126. The number of fused-ring (bicyclic) bond motifs is 1. The van der Waals surface area contributed by atoms with Crippen LogP contribution in [-0.4, -0.2) is 32.7 Å². The van der Waals surface area contributed by atoms with Gasteiger partial charge in [0.15, 0.2) is 0 Å². The summed E-state index contributed by atoms with van der Waals surface area (Å²) in [5.74, 6) is -1.45. The SMILES string of the molecule is O=C(Nc1cc(Cl)c(Cl)c2[nH]nc(-c3cn[nH]c3)c12)C(F)F. The highest BCUT2D eigenvalue weighted by Gasteiger charge is 2.22. The number of benzene rings is 1. The summed E-state index contributed by atoms with van der Waals surface area (Å²) in [5.41, 5.74) is 1.40. The Morgan fingerprint density at radius 2 is 2.14 bits per heavy atom. The molecule has 0 atom stereocenters. The van der Waals surface area contributed by atoms with Crippen LogP contribution in [0.3, 0.4) is 0 Å². The number of aromatic nitrogens is 4. The molecule has 0 fully saturated rings. The first kappa shape index (κ1) is 14.7. The number of carbonyl (C=O) groups excluding carboxylic acids is 1. The van der Waals surface area contributed by atoms with E-state index < -0.39 is 12.3 Å². The Morgan fingerprint density at radius 1 is 1.36 bits per heavy atom. The zero-order valence-electron chi connectivity index (χ0n) is 10.6. The summed E-state index contributed by atoms with van der Waals surface area (Å²) in [6.45, 7) is 0. The summed E-state index contributed by atoms with van der Waals surface area (Å²) < 4.78 is 25.0. The average Bonchev–Trinajstić information content (AvgIpc) is 3.12. The van der Waals surface area contributed by atoms with Crippen LogP contribution in [0.2, 0.25) is 10.0 Å². The number of alkyl halides is 2. The summed E-state index contributed by atoms with van der Waals surface area (Å²) in [6.07, 6.45) is -0.0954. The van der Waals surface area contributed by atoms with Gasteiger partial charge in [-0.3, -0.25) is 15.0 Å². The number of anilines is 1. The lowest BCUT2D eigenvalue weighted by atomic mass is 10.1. The fourth-order valence-electron chi connectivity index (χ4n) is 2.02. The fraction of sp³-hybridized carbons (Fsp3) is 0.0833. The van der Waals surface area contributed by atoms with E-state index in [2.05, 4.69) is 25.7 Å². The number of aromatic amines is 2. The molecule has 0 bridgehead atoms. The van der Waals surface area contributed by atoms with Gasteiger partial charge in [-0.2, -0.15) is 19.0 Å². The highest BCUT2D eigenvalue weighted by molar-refractivity contribution is 6.46. The zero-order chi connectivity index (χ0) is 15.9. The summed E-state index contributed by atoms with van der Waals surface area (Å²) >= 11 is 12.0. The predicted octanol–water partition coefficient (Wildman–Crippen LogP) is 3.46. The molecule has 3 rings (SSSR count). The number of rotatable bonds is 3. The second-order valence-electron chi connectivity index (χ2n) is 4.32. The normalized spacial score (nSPS) is 11.3. The molecule has 10 heteroatoms. The molecule has 0 spiro atoms. The third-order valence-corrected chi connectivity index (χ3v) is 3.75. The monoisotopic (exact) mass is 345 g/mol. The number of halogens is 4. The molecule has 1 amide bonds. The molecule has 0 unspecified atom stereocenters. The van der Waals surface area contributed by atoms with E-state index in [0.717, 1.165) is 0 Å². The van der Waals surface area contributed by atoms with Gasteiger partial charge in [0.25, 0.3) is 5.91 Å². The highest BCUT2D eigenvalue weighted by Crippen LogP contribution is 2.39. The molecule has 22 heavy (non-hydrogen) atoms. The van der Waals surface area contributed by atoms with Crippen LogP contribution in [-0.2, 0) is 4.79 Å². The first-order valence-electron chi connectivity index (χ1n) is 5.93. The molecule has 3 N–H and O–H groups in total. The average molecular weight is 346 g/mol. The minimum atomic E-state index is -3.16. The number of nitrogens with one attached hydrogen (secondary N) is 3. The van der Waals surface area contributed by atoms with E-state index in [9.17, 15) is 13.6 Å². The molecule has 0 aliphatic carbocycles. The molecular weight excluding hydrogens is 339 g/mol. The van der Waals surface area contributed by atoms with Crippen molar-refractivity contribution >= 4 is 45.7 Å². The van der Waals surface area contributed by atoms with Crippen LogP contribution in [0.4, 0.5) is 14.5 Å². The quantitative estimate of drug-likeness (QED) is 0.679. The van der Waals surface area contributed by atoms with E-state index in [1.165, 1.54) is 12.3 Å². The van der Waals surface area contributed by atoms with Crippen molar-refractivity contribution in [1.82, 2.24) is 20.4 Å². The fourth-order valence-corrected chi connectivity index (χ4v) is 2.41. The molecule has 1 aromatic carbocycles. The maximum atomic E-state index is 12.5. The number of H-pyrrole nitrogens is 2. The molecule has 114 valence electrons. The topological polar surface area (TPSA) is 86.5 Å². The van der Waals surface area contributed by atoms with E-state index in [-0.39, 0.29) is 15.7 Å². The third-order valence-electron chi connectivity index (χ3n) is 2.96. The standard InChI is InChI=1S/C12H7Cl2F2N5O/c13-5-1-6(19-12(22)11(15)16)7-9(4-2-17-18-3-4)20-21-10(7)8(5)14/h1-3,11H,(H,17,18)(H,19,22)(H,20,21). The predicted molar refractivity (Wildman–Crippen MR) is 78.3 cm³/mol. The molecule has 0 saturated carbocycles. The van der Waals surface area contributed by atoms with Crippen LogP contribution < -0.4 is 5.32 Å². The Bertz CT molecular complexity index is 847. The number of hydrogen-bond acceptors (Lipinski definition) is 3. The second kappa shape index (κ2) is 5.54. The molecule has 0 aliphatic rings. The van der Waals surface area contributed by atoms with Crippen LogP contribution in [0.15, 0.2) is 18.5 Å². The second-order valence-corrected chi connectivity index (χ2v) is 5.10. The summed E-state index contributed by atoms with van der Waals surface area (Å²) in [6, 6.07) is 1.30. The smallest absolute Gasteiger partial charge is 0.315 e. The Balaban J connectivity index is 2.24. The first-order chi connectivity index (χ1) is 10.5. The van der Waals surface area contributed by atoms with Crippen molar-refractivity contribution in [3.63, 3.8) is 0 Å². The van der Waals surface area contributed by atoms with E-state index in [1.54, 1.807) is 6.20 Å². The first-order valence-corrected chi connectivity index (χ1v) is 6.69. The zero-order valence-corrected chi connectivity index (χ0v) is 12.1. The van der Waals surface area contributed by atoms with Crippen LogP contribution in [0.25, 0.3) is 22.2 Å². The van der Waals surface area contributed by atoms with Crippen molar-refractivity contribution in [3.05, 3.63) is 28.5 Å². The lowest BCUT2D eigenvalue weighted by Gasteiger charge is -2.09. The van der Waals surface area contributed by atoms with Gasteiger partial charge < -0.3 is 5.32 Å². The Labute approximate surface area is 131 Å². The molecule has 3 aromatic rings. The number of nitrogens with zero attached hydrogens (tertiary/aromatic N) is 2. The van der Waals surface area contributed by atoms with Crippen molar-refractivity contribution in [2.45, 2.75) is 6.43 Å². The van der Waals surface area contributed by atoms with Gasteiger partial charge in [-0.15, -0.1) is 0 Å². The van der Waals surface area contributed by atoms with E-state index in [0.29, 0.717) is 22.2 Å². The summed E-state index contributed by atoms with van der Waals surface area (Å²) in [5, 5.41) is 15.9. The maximum Gasteiger partial charge on any atom is 0.315 e. The van der Waals surface area contributed by atoms with Crippen molar-refractivity contribution in [2.24, 2.45) is 0 Å². The van der Waals surface area contributed by atoms with E-state index in [1.807, 2.05) is 0 Å². The number of amides is 1. The van der Waals surface area contributed by atoms with Gasteiger partial charge in [0, 0.05) is 11.8 Å². The van der Waals surface area contributed by atoms with Crippen molar-refractivity contribution in [1.29, 1.82) is 0 Å². The molecular formula is C12H7Cl2F2N5O. The van der Waals surface area contributed by atoms with E-state index >= 15 is 0 Å². The Hall–Kier alpha value is -2.19.